The molecule has 1 amide bonds. The highest BCUT2D eigenvalue weighted by Crippen LogP contribution is 2.28. The first kappa shape index (κ1) is 21.0. The van der Waals surface area contributed by atoms with Crippen molar-refractivity contribution in [1.82, 2.24) is 0 Å². The second-order valence-corrected chi connectivity index (χ2v) is 6.28. The highest BCUT2D eigenvalue weighted by Gasteiger charge is 2.31. The number of halogens is 3. The van der Waals surface area contributed by atoms with Gasteiger partial charge in [-0.15, -0.1) is 13.2 Å². The van der Waals surface area contributed by atoms with E-state index in [0.29, 0.717) is 22.7 Å². The molecule has 8 heteroatoms. The van der Waals surface area contributed by atoms with Crippen LogP contribution in [-0.2, 0) is 4.79 Å². The van der Waals surface area contributed by atoms with Crippen LogP contribution < -0.4 is 20.1 Å². The van der Waals surface area contributed by atoms with E-state index in [1.54, 1.807) is 60.7 Å². The van der Waals surface area contributed by atoms with Gasteiger partial charge in [-0.05, 0) is 29.8 Å². The fourth-order valence-corrected chi connectivity index (χ4v) is 2.81. The zero-order valence-corrected chi connectivity index (χ0v) is 15.9. The van der Waals surface area contributed by atoms with Crippen LogP contribution in [0, 0.1) is 0 Å². The molecule has 3 aromatic carbocycles. The maximum absolute atomic E-state index is 13.0. The van der Waals surface area contributed by atoms with Gasteiger partial charge in [-0.25, -0.2) is 0 Å². The van der Waals surface area contributed by atoms with Gasteiger partial charge in [0.05, 0.1) is 7.11 Å². The van der Waals surface area contributed by atoms with E-state index in [0.717, 1.165) is 0 Å². The SMILES string of the molecule is COc1cccc(NC(=O)C(Nc2cccc(OC(F)(F)F)c2)c2ccccc2)c1. The molecule has 0 aromatic heterocycles. The largest absolute Gasteiger partial charge is 0.573 e. The van der Waals surface area contributed by atoms with E-state index in [9.17, 15) is 18.0 Å². The molecule has 0 heterocycles. The van der Waals surface area contributed by atoms with Crippen molar-refractivity contribution in [2.24, 2.45) is 0 Å². The van der Waals surface area contributed by atoms with Gasteiger partial charge in [0.1, 0.15) is 17.5 Å². The van der Waals surface area contributed by atoms with Crippen molar-refractivity contribution in [3.8, 4) is 11.5 Å². The highest BCUT2D eigenvalue weighted by molar-refractivity contribution is 5.97. The Kier molecular flexibility index (Phi) is 6.46. The van der Waals surface area contributed by atoms with E-state index in [4.69, 9.17) is 4.74 Å². The van der Waals surface area contributed by atoms with Gasteiger partial charge < -0.3 is 20.1 Å². The Morgan fingerprint density at radius 1 is 0.867 bits per heavy atom. The molecule has 0 fully saturated rings. The standard InChI is InChI=1S/C22H19F3N2O3/c1-29-18-11-5-10-17(13-18)27-21(28)20(15-7-3-2-4-8-15)26-16-9-6-12-19(14-16)30-22(23,24)25/h2-14,20,26H,1H3,(H,27,28). The lowest BCUT2D eigenvalue weighted by Crippen LogP contribution is -2.27. The minimum Gasteiger partial charge on any atom is -0.497 e. The summed E-state index contributed by atoms with van der Waals surface area (Å²) in [7, 11) is 1.52. The molecule has 3 aromatic rings. The third-order valence-corrected chi connectivity index (χ3v) is 4.11. The zero-order valence-electron chi connectivity index (χ0n) is 15.9. The number of benzene rings is 3. The van der Waals surface area contributed by atoms with Crippen molar-refractivity contribution >= 4 is 17.3 Å². The van der Waals surface area contributed by atoms with E-state index >= 15 is 0 Å². The van der Waals surface area contributed by atoms with Crippen LogP contribution in [0.1, 0.15) is 11.6 Å². The number of anilines is 2. The molecule has 5 nitrogen and oxygen atoms in total. The van der Waals surface area contributed by atoms with Crippen LogP contribution in [0.2, 0.25) is 0 Å². The fraction of sp³-hybridized carbons (Fsp3) is 0.136. The summed E-state index contributed by atoms with van der Waals surface area (Å²) in [5, 5.41) is 5.78. The summed E-state index contributed by atoms with van der Waals surface area (Å²) in [5.74, 6) is -0.196. The molecule has 0 aliphatic heterocycles. The Labute approximate surface area is 171 Å². The minimum atomic E-state index is -4.80. The molecule has 1 atom stereocenters. The Bertz CT molecular complexity index is 994. The average molecular weight is 416 g/mol. The van der Waals surface area contributed by atoms with Crippen LogP contribution in [0.3, 0.4) is 0 Å². The topological polar surface area (TPSA) is 59.6 Å². The summed E-state index contributed by atoms with van der Waals surface area (Å²) in [5.41, 5.74) is 1.46. The quantitative estimate of drug-likeness (QED) is 0.543. The number of hydrogen-bond donors (Lipinski definition) is 2. The highest BCUT2D eigenvalue weighted by atomic mass is 19.4. The van der Waals surface area contributed by atoms with Gasteiger partial charge in [-0.2, -0.15) is 0 Å². The zero-order chi connectivity index (χ0) is 21.6. The normalized spacial score (nSPS) is 12.0. The van der Waals surface area contributed by atoms with Crippen LogP contribution in [0.15, 0.2) is 78.9 Å². The molecule has 30 heavy (non-hydrogen) atoms. The monoisotopic (exact) mass is 416 g/mol. The Morgan fingerprint density at radius 3 is 2.17 bits per heavy atom. The smallest absolute Gasteiger partial charge is 0.497 e. The summed E-state index contributed by atoms with van der Waals surface area (Å²) in [4.78, 5) is 13.0. The second-order valence-electron chi connectivity index (χ2n) is 6.28. The molecule has 0 aliphatic carbocycles. The molecule has 3 rings (SSSR count). The van der Waals surface area contributed by atoms with E-state index in [1.165, 1.54) is 25.3 Å². The van der Waals surface area contributed by atoms with E-state index in [-0.39, 0.29) is 5.75 Å². The van der Waals surface area contributed by atoms with Crippen LogP contribution in [0.5, 0.6) is 11.5 Å². The lowest BCUT2D eigenvalue weighted by molar-refractivity contribution is -0.274. The second kappa shape index (κ2) is 9.21. The van der Waals surface area contributed by atoms with Crippen molar-refractivity contribution in [3.05, 3.63) is 84.4 Å². The number of amides is 1. The number of methoxy groups -OCH3 is 1. The number of carbonyl (C=O) groups is 1. The van der Waals surface area contributed by atoms with Gasteiger partial charge >= 0.3 is 6.36 Å². The predicted octanol–water partition coefficient (Wildman–Crippen LogP) is 5.39. The van der Waals surface area contributed by atoms with Crippen molar-refractivity contribution in [2.75, 3.05) is 17.7 Å². The van der Waals surface area contributed by atoms with Crippen molar-refractivity contribution in [1.29, 1.82) is 0 Å². The molecular formula is C22H19F3N2O3. The van der Waals surface area contributed by atoms with Crippen molar-refractivity contribution in [2.45, 2.75) is 12.4 Å². The van der Waals surface area contributed by atoms with E-state index in [2.05, 4.69) is 15.4 Å². The summed E-state index contributed by atoms with van der Waals surface area (Å²) in [6.45, 7) is 0. The first-order valence-corrected chi connectivity index (χ1v) is 8.96. The van der Waals surface area contributed by atoms with Gasteiger partial charge in [0, 0.05) is 23.5 Å². The molecular weight excluding hydrogens is 397 g/mol. The molecule has 0 spiro atoms. The molecule has 0 bridgehead atoms. The van der Waals surface area contributed by atoms with Crippen molar-refractivity contribution < 1.29 is 27.4 Å². The molecule has 2 N–H and O–H groups in total. The van der Waals surface area contributed by atoms with Gasteiger partial charge in [0.25, 0.3) is 5.91 Å². The number of alkyl halides is 3. The lowest BCUT2D eigenvalue weighted by atomic mass is 10.1. The molecule has 1 unspecified atom stereocenters. The van der Waals surface area contributed by atoms with E-state index < -0.39 is 18.3 Å². The van der Waals surface area contributed by atoms with Crippen LogP contribution >= 0.6 is 0 Å². The maximum atomic E-state index is 13.0. The van der Waals surface area contributed by atoms with Crippen LogP contribution in [-0.4, -0.2) is 19.4 Å². The molecule has 0 saturated carbocycles. The molecule has 156 valence electrons. The summed E-state index contributed by atoms with van der Waals surface area (Å²) in [6.07, 6.45) is -4.80. The first-order valence-electron chi connectivity index (χ1n) is 8.96. The molecule has 0 radical (unpaired) electrons. The van der Waals surface area contributed by atoms with Gasteiger partial charge in [-0.1, -0.05) is 42.5 Å². The van der Waals surface area contributed by atoms with Crippen molar-refractivity contribution in [3.63, 3.8) is 0 Å². The number of carbonyl (C=O) groups excluding carboxylic acids is 1. The molecule has 0 saturated heterocycles. The number of rotatable bonds is 7. The van der Waals surface area contributed by atoms with Crippen LogP contribution in [0.25, 0.3) is 0 Å². The first-order chi connectivity index (χ1) is 14.3. The summed E-state index contributed by atoms with van der Waals surface area (Å²) >= 11 is 0. The van der Waals surface area contributed by atoms with Gasteiger partial charge in [0.2, 0.25) is 0 Å². The average Bonchev–Trinajstić information content (AvgIpc) is 2.72. The summed E-state index contributed by atoms with van der Waals surface area (Å²) in [6, 6.07) is 20.2. The minimum absolute atomic E-state index is 0.298. The molecule has 0 aliphatic rings. The lowest BCUT2D eigenvalue weighted by Gasteiger charge is -2.21. The number of hydrogen-bond acceptors (Lipinski definition) is 4. The van der Waals surface area contributed by atoms with Gasteiger partial charge in [0.15, 0.2) is 0 Å². The van der Waals surface area contributed by atoms with Gasteiger partial charge in [-0.3, -0.25) is 4.79 Å². The Hall–Kier alpha value is -3.68. The predicted molar refractivity (Wildman–Crippen MR) is 108 cm³/mol. The third kappa shape index (κ3) is 5.91. The Morgan fingerprint density at radius 2 is 1.50 bits per heavy atom. The number of ether oxygens (including phenoxy) is 2. The number of nitrogens with one attached hydrogen (secondary N) is 2. The van der Waals surface area contributed by atoms with Crippen LogP contribution in [0.4, 0.5) is 24.5 Å². The fourth-order valence-electron chi connectivity index (χ4n) is 2.81. The van der Waals surface area contributed by atoms with E-state index in [1.807, 2.05) is 0 Å². The Balaban J connectivity index is 1.85. The maximum Gasteiger partial charge on any atom is 0.573 e. The summed E-state index contributed by atoms with van der Waals surface area (Å²) < 4.78 is 46.7. The third-order valence-electron chi connectivity index (χ3n) is 4.11.